The first-order valence-electron chi connectivity index (χ1n) is 11.1. The van der Waals surface area contributed by atoms with Gasteiger partial charge in [-0.25, -0.2) is 0 Å². The molecule has 5 nitrogen and oxygen atoms in total. The number of amides is 1. The third-order valence-electron chi connectivity index (χ3n) is 7.05. The third kappa shape index (κ3) is 3.24. The molecule has 1 aromatic heterocycles. The minimum atomic E-state index is -1.51. The van der Waals surface area contributed by atoms with Crippen molar-refractivity contribution in [3.05, 3.63) is 107 Å². The van der Waals surface area contributed by atoms with E-state index in [0.717, 1.165) is 39.1 Å². The average Bonchev–Trinajstić information content (AvgIpc) is 3.55. The Bertz CT molecular complexity index is 1400. The van der Waals surface area contributed by atoms with Crippen molar-refractivity contribution in [2.75, 3.05) is 5.32 Å². The topological polar surface area (TPSA) is 82.5 Å². The van der Waals surface area contributed by atoms with Gasteiger partial charge in [-0.05, 0) is 58.5 Å². The molecule has 1 spiro atoms. The van der Waals surface area contributed by atoms with E-state index in [1.54, 1.807) is 24.5 Å². The van der Waals surface area contributed by atoms with Crippen LogP contribution >= 0.6 is 11.6 Å². The predicted molar refractivity (Wildman–Crippen MR) is 131 cm³/mol. The van der Waals surface area contributed by atoms with Crippen LogP contribution in [0.15, 0.2) is 85.2 Å². The lowest BCUT2D eigenvalue weighted by molar-refractivity contribution is -0.118. The van der Waals surface area contributed by atoms with Crippen molar-refractivity contribution in [1.82, 2.24) is 4.98 Å². The second-order valence-electron chi connectivity index (χ2n) is 8.91. The van der Waals surface area contributed by atoms with E-state index in [9.17, 15) is 15.0 Å². The summed E-state index contributed by atoms with van der Waals surface area (Å²) >= 11 is 6.65. The summed E-state index contributed by atoms with van der Waals surface area (Å²) in [6.45, 7) is 0. The zero-order chi connectivity index (χ0) is 23.4. The third-order valence-corrected chi connectivity index (χ3v) is 7.36. The highest BCUT2D eigenvalue weighted by Gasteiger charge is 2.65. The fourth-order valence-electron chi connectivity index (χ4n) is 5.12. The molecule has 0 saturated heterocycles. The molecule has 6 heteroatoms. The van der Waals surface area contributed by atoms with Crippen LogP contribution in [0.1, 0.15) is 35.3 Å². The zero-order valence-electron chi connectivity index (χ0n) is 18.1. The number of halogens is 1. The number of benzene rings is 3. The van der Waals surface area contributed by atoms with Gasteiger partial charge in [-0.15, -0.1) is 0 Å². The van der Waals surface area contributed by atoms with Crippen LogP contribution in [-0.2, 0) is 10.2 Å². The summed E-state index contributed by atoms with van der Waals surface area (Å²) in [5.41, 5.74) is 6.60. The fourth-order valence-corrected chi connectivity index (χ4v) is 5.40. The van der Waals surface area contributed by atoms with Crippen LogP contribution in [0.5, 0.6) is 0 Å². The van der Waals surface area contributed by atoms with Crippen molar-refractivity contribution in [1.29, 1.82) is 0 Å². The van der Waals surface area contributed by atoms with Gasteiger partial charge in [-0.3, -0.25) is 9.78 Å². The van der Waals surface area contributed by atoms with Crippen molar-refractivity contribution < 1.29 is 15.0 Å². The lowest BCUT2D eigenvalue weighted by Crippen LogP contribution is -2.21. The molecule has 1 amide bonds. The van der Waals surface area contributed by atoms with Gasteiger partial charge in [0.2, 0.25) is 5.91 Å². The van der Waals surface area contributed by atoms with Gasteiger partial charge in [0.05, 0.1) is 10.4 Å². The first-order valence-corrected chi connectivity index (χ1v) is 11.5. The predicted octanol–water partition coefficient (Wildman–Crippen LogP) is 5.43. The first kappa shape index (κ1) is 21.1. The fraction of sp³-hybridized carbons (Fsp3) is 0.143. The highest BCUT2D eigenvalue weighted by molar-refractivity contribution is 6.34. The van der Waals surface area contributed by atoms with E-state index in [0.29, 0.717) is 17.0 Å². The Balaban J connectivity index is 1.36. The van der Waals surface area contributed by atoms with E-state index in [1.165, 1.54) is 0 Å². The van der Waals surface area contributed by atoms with Crippen molar-refractivity contribution in [3.8, 4) is 22.3 Å². The van der Waals surface area contributed by atoms with E-state index >= 15 is 0 Å². The molecule has 34 heavy (non-hydrogen) atoms. The average molecular weight is 469 g/mol. The monoisotopic (exact) mass is 468 g/mol. The Hall–Kier alpha value is -3.51. The second kappa shape index (κ2) is 7.77. The molecule has 0 bridgehead atoms. The van der Waals surface area contributed by atoms with Gasteiger partial charge in [0, 0.05) is 35.1 Å². The summed E-state index contributed by atoms with van der Waals surface area (Å²) in [6, 6.07) is 23.2. The number of anilines is 1. The number of nitrogens with one attached hydrogen (secondary N) is 1. The normalized spacial score (nSPS) is 20.5. The minimum absolute atomic E-state index is 0.0139. The molecule has 168 valence electrons. The maximum atomic E-state index is 13.1. The molecular formula is C28H21ClN2O3. The van der Waals surface area contributed by atoms with Crippen molar-refractivity contribution >= 4 is 23.2 Å². The quantitative estimate of drug-likeness (QED) is 0.349. The number of carbonyl (C=O) groups is 1. The molecule has 2 heterocycles. The number of hydrogen-bond acceptors (Lipinski definition) is 4. The number of pyridine rings is 1. The SMILES string of the molecule is O=C1Nc2cc(Cl)c(-c3ccc(-c4ccncc4)cc3)cc2C12CC2c1ccc(C(O)O)cc1. The Morgan fingerprint density at radius 2 is 1.56 bits per heavy atom. The Morgan fingerprint density at radius 3 is 2.24 bits per heavy atom. The summed E-state index contributed by atoms with van der Waals surface area (Å²) in [5, 5.41) is 22.3. The molecule has 1 aliphatic heterocycles. The number of hydrogen-bond donors (Lipinski definition) is 3. The molecule has 1 saturated carbocycles. The van der Waals surface area contributed by atoms with Crippen LogP contribution in [-0.4, -0.2) is 21.1 Å². The number of aromatic nitrogens is 1. The molecule has 2 atom stereocenters. The van der Waals surface area contributed by atoms with Crippen LogP contribution in [0.3, 0.4) is 0 Å². The number of nitrogens with zero attached hydrogens (tertiary/aromatic N) is 1. The Labute approximate surface area is 201 Å². The van der Waals surface area contributed by atoms with Crippen LogP contribution in [0, 0.1) is 0 Å². The van der Waals surface area contributed by atoms with E-state index in [-0.39, 0.29) is 11.8 Å². The van der Waals surface area contributed by atoms with Gasteiger partial charge in [0.25, 0.3) is 0 Å². The zero-order valence-corrected chi connectivity index (χ0v) is 18.8. The molecule has 2 unspecified atom stereocenters. The van der Waals surface area contributed by atoms with Gasteiger partial charge in [0.15, 0.2) is 6.29 Å². The minimum Gasteiger partial charge on any atom is -0.364 e. The van der Waals surface area contributed by atoms with Crippen LogP contribution in [0.4, 0.5) is 5.69 Å². The van der Waals surface area contributed by atoms with Gasteiger partial charge in [-0.1, -0.05) is 60.1 Å². The highest BCUT2D eigenvalue weighted by atomic mass is 35.5. The largest absolute Gasteiger partial charge is 0.364 e. The van der Waals surface area contributed by atoms with E-state index in [2.05, 4.69) is 22.4 Å². The number of rotatable bonds is 4. The lowest BCUT2D eigenvalue weighted by atomic mass is 9.89. The first-order chi connectivity index (χ1) is 16.5. The lowest BCUT2D eigenvalue weighted by Gasteiger charge is -2.13. The second-order valence-corrected chi connectivity index (χ2v) is 9.32. The molecule has 4 aromatic rings. The van der Waals surface area contributed by atoms with Crippen molar-refractivity contribution in [2.24, 2.45) is 0 Å². The van der Waals surface area contributed by atoms with E-state index in [4.69, 9.17) is 11.6 Å². The summed E-state index contributed by atoms with van der Waals surface area (Å²) in [5.74, 6) is 0.0155. The van der Waals surface area contributed by atoms with Crippen molar-refractivity contribution in [3.63, 3.8) is 0 Å². The summed E-state index contributed by atoms with van der Waals surface area (Å²) in [4.78, 5) is 17.2. The molecule has 3 aromatic carbocycles. The Morgan fingerprint density at radius 1 is 0.912 bits per heavy atom. The molecule has 0 radical (unpaired) electrons. The maximum Gasteiger partial charge on any atom is 0.235 e. The molecule has 1 aliphatic carbocycles. The van der Waals surface area contributed by atoms with E-state index in [1.807, 2.05) is 48.5 Å². The summed E-state index contributed by atoms with van der Waals surface area (Å²) in [7, 11) is 0. The molecule has 2 aliphatic rings. The van der Waals surface area contributed by atoms with Gasteiger partial charge >= 0.3 is 0 Å². The molecular weight excluding hydrogens is 448 g/mol. The number of aliphatic hydroxyl groups is 2. The van der Waals surface area contributed by atoms with E-state index < -0.39 is 11.7 Å². The molecule has 1 fully saturated rings. The van der Waals surface area contributed by atoms with Gasteiger partial charge in [0.1, 0.15) is 0 Å². The summed E-state index contributed by atoms with van der Waals surface area (Å²) < 4.78 is 0. The Kier molecular flexibility index (Phi) is 4.81. The van der Waals surface area contributed by atoms with Gasteiger partial charge < -0.3 is 15.5 Å². The number of carbonyl (C=O) groups excluding carboxylic acids is 1. The van der Waals surface area contributed by atoms with Crippen molar-refractivity contribution in [2.45, 2.75) is 24.0 Å². The molecule has 6 rings (SSSR count). The smallest absolute Gasteiger partial charge is 0.235 e. The molecule has 3 N–H and O–H groups in total. The maximum absolute atomic E-state index is 13.1. The van der Waals surface area contributed by atoms with Gasteiger partial charge in [-0.2, -0.15) is 0 Å². The standard InChI is InChI=1S/C28H21ClN2O3/c29-24-14-25-22(13-21(24)18-3-1-16(2-4-18)17-9-11-30-12-10-17)28(27(34)31-25)15-23(28)19-5-7-20(8-6-19)26(32)33/h1-14,23,26,32-33H,15H2,(H,31,34). The number of aliphatic hydroxyl groups excluding tert-OH is 1. The number of fused-ring (bicyclic) bond motifs is 2. The van der Waals surface area contributed by atoms with Crippen LogP contribution < -0.4 is 5.32 Å². The summed E-state index contributed by atoms with van der Waals surface area (Å²) in [6.07, 6.45) is 2.74. The highest BCUT2D eigenvalue weighted by Crippen LogP contribution is 2.65. The van der Waals surface area contributed by atoms with Crippen LogP contribution in [0.25, 0.3) is 22.3 Å². The van der Waals surface area contributed by atoms with Crippen LogP contribution in [0.2, 0.25) is 5.02 Å².